The van der Waals surface area contributed by atoms with Crippen molar-refractivity contribution in [1.82, 2.24) is 4.90 Å². The monoisotopic (exact) mass is 309 g/mol. The number of carbonyl (C=O) groups is 3. The highest BCUT2D eigenvalue weighted by Crippen LogP contribution is 2.21. The molecule has 1 N–H and O–H groups in total. The number of carbonyl (C=O) groups excluding carboxylic acids is 2. The van der Waals surface area contributed by atoms with Crippen molar-refractivity contribution in [3.05, 3.63) is 28.0 Å². The minimum Gasteiger partial charge on any atom is -0.480 e. The fraction of sp³-hybridized carbons (Fsp3) is 0.357. The number of rotatable bonds is 5. The van der Waals surface area contributed by atoms with Gasteiger partial charge in [-0.3, -0.25) is 4.79 Å². The number of ether oxygens (including phenoxy) is 1. The number of nitrogens with zero attached hydrogens (tertiary/aromatic N) is 1. The smallest absolute Gasteiger partial charge is 0.348 e. The maximum Gasteiger partial charge on any atom is 0.348 e. The van der Waals surface area contributed by atoms with E-state index < -0.39 is 12.0 Å². The van der Waals surface area contributed by atoms with E-state index in [4.69, 9.17) is 5.11 Å². The van der Waals surface area contributed by atoms with E-state index in [-0.39, 0.29) is 24.8 Å². The average molecular weight is 309 g/mol. The number of carboxylic acids is 1. The molecule has 112 valence electrons. The lowest BCUT2D eigenvalue weighted by Gasteiger charge is -2.19. The molecular formula is C14H15NO5S. The summed E-state index contributed by atoms with van der Waals surface area (Å²) in [6, 6.07) is 2.70. The molecule has 0 aliphatic carbocycles. The Bertz CT molecular complexity index is 592. The summed E-state index contributed by atoms with van der Waals surface area (Å²) in [6.07, 6.45) is 4.12. The van der Waals surface area contributed by atoms with Crippen molar-refractivity contribution in [2.75, 3.05) is 13.7 Å². The third kappa shape index (κ3) is 3.49. The third-order valence-corrected chi connectivity index (χ3v) is 4.24. The summed E-state index contributed by atoms with van der Waals surface area (Å²) >= 11 is 1.27. The van der Waals surface area contributed by atoms with Crippen molar-refractivity contribution in [3.63, 3.8) is 0 Å². The molecule has 2 rings (SSSR count). The number of esters is 1. The van der Waals surface area contributed by atoms with Crippen molar-refractivity contribution < 1.29 is 24.2 Å². The second-order valence-electron chi connectivity index (χ2n) is 4.53. The predicted octanol–water partition coefficient (Wildman–Crippen LogP) is 1.62. The van der Waals surface area contributed by atoms with Crippen LogP contribution in [0.2, 0.25) is 0 Å². The number of thiophene rings is 1. The van der Waals surface area contributed by atoms with Gasteiger partial charge in [0.2, 0.25) is 5.91 Å². The highest BCUT2D eigenvalue weighted by atomic mass is 32.1. The van der Waals surface area contributed by atoms with Crippen LogP contribution in [-0.4, -0.2) is 47.5 Å². The molecule has 1 amide bonds. The molecule has 1 atom stereocenters. The first-order valence-corrected chi connectivity index (χ1v) is 7.21. The van der Waals surface area contributed by atoms with Gasteiger partial charge in [0.05, 0.1) is 7.11 Å². The highest BCUT2D eigenvalue weighted by Gasteiger charge is 2.34. The molecular weight excluding hydrogens is 294 g/mol. The lowest BCUT2D eigenvalue weighted by atomic mass is 10.2. The number of aliphatic carboxylic acids is 1. The van der Waals surface area contributed by atoms with Crippen molar-refractivity contribution in [2.24, 2.45) is 0 Å². The molecule has 1 fully saturated rings. The van der Waals surface area contributed by atoms with Crippen LogP contribution in [0.5, 0.6) is 0 Å². The van der Waals surface area contributed by atoms with E-state index in [1.165, 1.54) is 23.3 Å². The van der Waals surface area contributed by atoms with E-state index in [1.807, 2.05) is 0 Å². The molecule has 1 aromatic rings. The zero-order chi connectivity index (χ0) is 15.4. The van der Waals surface area contributed by atoms with Crippen LogP contribution in [0.3, 0.4) is 0 Å². The van der Waals surface area contributed by atoms with E-state index in [1.54, 1.807) is 24.3 Å². The van der Waals surface area contributed by atoms with Crippen molar-refractivity contribution in [3.8, 4) is 0 Å². The van der Waals surface area contributed by atoms with E-state index in [0.29, 0.717) is 11.3 Å². The van der Waals surface area contributed by atoms with Gasteiger partial charge in [-0.15, -0.1) is 11.3 Å². The Morgan fingerprint density at radius 3 is 2.95 bits per heavy atom. The number of carboxylic acid groups (broad SMARTS) is 1. The van der Waals surface area contributed by atoms with Gasteiger partial charge in [0.15, 0.2) is 0 Å². The van der Waals surface area contributed by atoms with E-state index in [0.717, 1.165) is 4.88 Å². The Hall–Kier alpha value is -2.15. The summed E-state index contributed by atoms with van der Waals surface area (Å²) in [7, 11) is 1.32. The Morgan fingerprint density at radius 2 is 2.29 bits per heavy atom. The number of likely N-dealkylation sites (tertiary alicyclic amines) is 1. The summed E-state index contributed by atoms with van der Waals surface area (Å²) in [5.74, 6) is -1.51. The van der Waals surface area contributed by atoms with Crippen molar-refractivity contribution in [2.45, 2.75) is 18.9 Å². The summed E-state index contributed by atoms with van der Waals surface area (Å²) in [6.45, 7) is 0.251. The van der Waals surface area contributed by atoms with E-state index in [9.17, 15) is 14.4 Å². The summed E-state index contributed by atoms with van der Waals surface area (Å²) in [5, 5.41) is 9.04. The molecule has 0 spiro atoms. The summed E-state index contributed by atoms with van der Waals surface area (Å²) < 4.78 is 4.62. The maximum absolute atomic E-state index is 11.6. The van der Waals surface area contributed by atoms with Gasteiger partial charge < -0.3 is 14.7 Å². The first-order valence-electron chi connectivity index (χ1n) is 6.40. The van der Waals surface area contributed by atoms with Crippen LogP contribution in [-0.2, 0) is 14.3 Å². The highest BCUT2D eigenvalue weighted by molar-refractivity contribution is 7.14. The van der Waals surface area contributed by atoms with Crippen molar-refractivity contribution >= 4 is 35.3 Å². The number of amides is 1. The normalized spacial score (nSPS) is 18.4. The van der Waals surface area contributed by atoms with Gasteiger partial charge in [0.1, 0.15) is 10.9 Å². The molecule has 1 saturated heterocycles. The molecule has 2 heterocycles. The van der Waals surface area contributed by atoms with Crippen LogP contribution in [0.25, 0.3) is 6.08 Å². The van der Waals surface area contributed by atoms with Crippen molar-refractivity contribution in [1.29, 1.82) is 0 Å². The van der Waals surface area contributed by atoms with Gasteiger partial charge in [-0.05, 0) is 24.6 Å². The Balaban J connectivity index is 1.98. The average Bonchev–Trinajstić information content (AvgIpc) is 3.06. The van der Waals surface area contributed by atoms with Crippen LogP contribution < -0.4 is 0 Å². The lowest BCUT2D eigenvalue weighted by molar-refractivity contribution is -0.145. The molecule has 0 unspecified atom stereocenters. The minimum atomic E-state index is -0.974. The largest absolute Gasteiger partial charge is 0.480 e. The molecule has 0 saturated carbocycles. The van der Waals surface area contributed by atoms with Gasteiger partial charge in [0, 0.05) is 17.8 Å². The van der Waals surface area contributed by atoms with Crippen LogP contribution in [0.15, 0.2) is 18.2 Å². The number of hydrogen-bond acceptors (Lipinski definition) is 5. The molecule has 0 radical (unpaired) electrons. The van der Waals surface area contributed by atoms with Gasteiger partial charge in [-0.1, -0.05) is 6.08 Å². The fourth-order valence-corrected chi connectivity index (χ4v) is 3.01. The SMILES string of the molecule is COC(=O)c1ccc(/C=C\CN2C(=O)CC[C@@H]2C(=O)O)s1. The topological polar surface area (TPSA) is 83.9 Å². The molecule has 0 bridgehead atoms. The van der Waals surface area contributed by atoms with Crippen LogP contribution in [0.4, 0.5) is 0 Å². The molecule has 21 heavy (non-hydrogen) atoms. The van der Waals surface area contributed by atoms with Gasteiger partial charge >= 0.3 is 11.9 Å². The Labute approximate surface area is 125 Å². The van der Waals surface area contributed by atoms with Gasteiger partial charge in [-0.2, -0.15) is 0 Å². The second-order valence-corrected chi connectivity index (χ2v) is 5.65. The number of hydrogen-bond donors (Lipinski definition) is 1. The van der Waals surface area contributed by atoms with Gasteiger partial charge in [-0.25, -0.2) is 9.59 Å². The second kappa shape index (κ2) is 6.53. The van der Waals surface area contributed by atoms with Crippen LogP contribution in [0, 0.1) is 0 Å². The fourth-order valence-electron chi connectivity index (χ4n) is 2.15. The molecule has 1 aliphatic heterocycles. The van der Waals surface area contributed by atoms with Crippen LogP contribution >= 0.6 is 11.3 Å². The van der Waals surface area contributed by atoms with Crippen LogP contribution in [0.1, 0.15) is 27.4 Å². The molecule has 6 nitrogen and oxygen atoms in total. The summed E-state index contributed by atoms with van der Waals surface area (Å²) in [4.78, 5) is 36.7. The van der Waals surface area contributed by atoms with E-state index in [2.05, 4.69) is 4.74 Å². The zero-order valence-electron chi connectivity index (χ0n) is 11.4. The maximum atomic E-state index is 11.6. The van der Waals surface area contributed by atoms with E-state index >= 15 is 0 Å². The minimum absolute atomic E-state index is 0.145. The zero-order valence-corrected chi connectivity index (χ0v) is 12.3. The predicted molar refractivity (Wildman–Crippen MR) is 77.1 cm³/mol. The molecule has 0 aromatic carbocycles. The quantitative estimate of drug-likeness (QED) is 0.836. The molecule has 1 aromatic heterocycles. The molecule has 1 aliphatic rings. The number of methoxy groups -OCH3 is 1. The first-order chi connectivity index (χ1) is 10.0. The Kier molecular flexibility index (Phi) is 4.74. The standard InChI is InChI=1S/C14H15NO5S/c1-20-14(19)11-6-4-9(21-11)3-2-8-15-10(13(17)18)5-7-12(15)16/h2-4,6,10H,5,7-8H2,1H3,(H,17,18)/b3-2-/t10-/m1/s1. The lowest BCUT2D eigenvalue weighted by Crippen LogP contribution is -2.38. The first kappa shape index (κ1) is 15.2. The molecule has 7 heteroatoms. The third-order valence-electron chi connectivity index (χ3n) is 3.21. The Morgan fingerprint density at radius 1 is 1.52 bits per heavy atom. The summed E-state index contributed by atoms with van der Waals surface area (Å²) in [5.41, 5.74) is 0. The van der Waals surface area contributed by atoms with Gasteiger partial charge in [0.25, 0.3) is 0 Å².